The van der Waals surface area contributed by atoms with Crippen molar-refractivity contribution >= 4 is 5.91 Å². The predicted molar refractivity (Wildman–Crippen MR) is 75.9 cm³/mol. The number of amides is 1. The molecule has 2 nitrogen and oxygen atoms in total. The summed E-state index contributed by atoms with van der Waals surface area (Å²) in [6.07, 6.45) is 1.88. The second-order valence-electron chi connectivity index (χ2n) is 5.08. The van der Waals surface area contributed by atoms with Crippen molar-refractivity contribution in [2.24, 2.45) is 0 Å². The van der Waals surface area contributed by atoms with Crippen LogP contribution in [0.5, 0.6) is 0 Å². The van der Waals surface area contributed by atoms with E-state index in [-0.39, 0.29) is 11.5 Å². The van der Waals surface area contributed by atoms with E-state index in [0.717, 1.165) is 18.4 Å². The minimum atomic E-state index is -0.449. The van der Waals surface area contributed by atoms with Crippen molar-refractivity contribution in [3.63, 3.8) is 0 Å². The van der Waals surface area contributed by atoms with Gasteiger partial charge in [0, 0.05) is 13.1 Å². The molecule has 0 spiro atoms. The molecule has 0 saturated heterocycles. The first kappa shape index (κ1) is 12.9. The second kappa shape index (κ2) is 5.45. The Kier molecular flexibility index (Phi) is 3.50. The molecule has 0 bridgehead atoms. The number of nitrogens with zero attached hydrogens (tertiary/aromatic N) is 1. The number of fused-ring (bicyclic) bond motifs is 1. The third kappa shape index (κ3) is 2.44. The number of benzene rings is 2. The molecule has 0 aromatic heterocycles. The Morgan fingerprint density at radius 3 is 2.50 bits per heavy atom. The van der Waals surface area contributed by atoms with Gasteiger partial charge in [-0.1, -0.05) is 36.4 Å². The van der Waals surface area contributed by atoms with Gasteiger partial charge in [-0.3, -0.25) is 4.79 Å². The maximum atomic E-state index is 13.7. The van der Waals surface area contributed by atoms with Gasteiger partial charge in [0.1, 0.15) is 5.82 Å². The molecule has 1 heterocycles. The zero-order valence-electron chi connectivity index (χ0n) is 11.2. The van der Waals surface area contributed by atoms with Crippen molar-refractivity contribution in [1.29, 1.82) is 0 Å². The predicted octanol–water partition coefficient (Wildman–Crippen LogP) is 3.41. The van der Waals surface area contributed by atoms with Crippen molar-refractivity contribution in [2.75, 3.05) is 6.54 Å². The fraction of sp³-hybridized carbons (Fsp3) is 0.235. The number of hydrogen-bond donors (Lipinski definition) is 0. The van der Waals surface area contributed by atoms with Gasteiger partial charge in [-0.2, -0.15) is 0 Å². The molecule has 1 aliphatic heterocycles. The molecule has 2 aromatic rings. The topological polar surface area (TPSA) is 20.3 Å². The highest BCUT2D eigenvalue weighted by Crippen LogP contribution is 2.20. The smallest absolute Gasteiger partial charge is 0.257 e. The third-order valence-electron chi connectivity index (χ3n) is 3.75. The molecule has 0 fully saturated rings. The highest BCUT2D eigenvalue weighted by atomic mass is 19.1. The lowest BCUT2D eigenvalue weighted by Crippen LogP contribution is -2.31. The van der Waals surface area contributed by atoms with Gasteiger partial charge in [0.25, 0.3) is 5.91 Å². The quantitative estimate of drug-likeness (QED) is 0.777. The van der Waals surface area contributed by atoms with E-state index >= 15 is 0 Å². The van der Waals surface area contributed by atoms with E-state index in [1.54, 1.807) is 23.1 Å². The molecule has 1 amide bonds. The Morgan fingerprint density at radius 1 is 1.00 bits per heavy atom. The van der Waals surface area contributed by atoms with Gasteiger partial charge in [-0.15, -0.1) is 0 Å². The second-order valence-corrected chi connectivity index (χ2v) is 5.08. The number of aryl methyl sites for hydroxylation is 1. The average molecular weight is 269 g/mol. The molecule has 3 rings (SSSR count). The number of hydrogen-bond acceptors (Lipinski definition) is 1. The average Bonchev–Trinajstić information content (AvgIpc) is 2.69. The van der Waals surface area contributed by atoms with Crippen LogP contribution < -0.4 is 0 Å². The normalized spacial score (nSPS) is 14.6. The fourth-order valence-corrected chi connectivity index (χ4v) is 2.68. The van der Waals surface area contributed by atoms with Crippen molar-refractivity contribution in [3.05, 3.63) is 71.0 Å². The third-order valence-corrected chi connectivity index (χ3v) is 3.75. The van der Waals surface area contributed by atoms with Gasteiger partial charge in [0.2, 0.25) is 0 Å². The van der Waals surface area contributed by atoms with Gasteiger partial charge in [-0.25, -0.2) is 4.39 Å². The minimum absolute atomic E-state index is 0.159. The summed E-state index contributed by atoms with van der Waals surface area (Å²) in [6.45, 7) is 1.23. The Balaban J connectivity index is 1.88. The molecule has 20 heavy (non-hydrogen) atoms. The SMILES string of the molecule is O=C(c1ccccc1F)N1CCCc2ccccc2C1. The number of carbonyl (C=O) groups is 1. The summed E-state index contributed by atoms with van der Waals surface area (Å²) in [5.74, 6) is -0.671. The standard InChI is InChI=1S/C17H16FNO/c18-16-10-4-3-9-15(16)17(20)19-11-5-8-13-6-1-2-7-14(13)12-19/h1-4,6-7,9-10H,5,8,11-12H2. The Bertz CT molecular complexity index is 638. The Hall–Kier alpha value is -2.16. The van der Waals surface area contributed by atoms with E-state index < -0.39 is 5.82 Å². The maximum Gasteiger partial charge on any atom is 0.257 e. The van der Waals surface area contributed by atoms with E-state index in [2.05, 4.69) is 6.07 Å². The van der Waals surface area contributed by atoms with Crippen molar-refractivity contribution in [2.45, 2.75) is 19.4 Å². The molecule has 0 aliphatic carbocycles. The fourth-order valence-electron chi connectivity index (χ4n) is 2.68. The van der Waals surface area contributed by atoms with E-state index in [9.17, 15) is 9.18 Å². The summed E-state index contributed by atoms with van der Waals surface area (Å²) in [6, 6.07) is 14.3. The lowest BCUT2D eigenvalue weighted by atomic mass is 10.0. The van der Waals surface area contributed by atoms with Crippen LogP contribution in [0.2, 0.25) is 0 Å². The van der Waals surface area contributed by atoms with E-state index in [0.29, 0.717) is 13.1 Å². The molecule has 0 radical (unpaired) electrons. The molecule has 0 N–H and O–H groups in total. The number of halogens is 1. The maximum absolute atomic E-state index is 13.7. The first-order chi connectivity index (χ1) is 9.75. The lowest BCUT2D eigenvalue weighted by molar-refractivity contribution is 0.0741. The molecule has 102 valence electrons. The van der Waals surface area contributed by atoms with Gasteiger partial charge < -0.3 is 4.90 Å². The molecule has 0 saturated carbocycles. The van der Waals surface area contributed by atoms with Crippen LogP contribution in [0.3, 0.4) is 0 Å². The zero-order chi connectivity index (χ0) is 13.9. The molecule has 3 heteroatoms. The summed E-state index contributed by atoms with van der Waals surface area (Å²) >= 11 is 0. The summed E-state index contributed by atoms with van der Waals surface area (Å²) in [7, 11) is 0. The summed E-state index contributed by atoms with van der Waals surface area (Å²) in [5.41, 5.74) is 2.61. The van der Waals surface area contributed by atoms with Crippen LogP contribution in [0.4, 0.5) is 4.39 Å². The molecule has 1 aliphatic rings. The molecular weight excluding hydrogens is 253 g/mol. The van der Waals surface area contributed by atoms with Crippen LogP contribution in [-0.2, 0) is 13.0 Å². The zero-order valence-corrected chi connectivity index (χ0v) is 11.2. The van der Waals surface area contributed by atoms with Crippen molar-refractivity contribution in [3.8, 4) is 0 Å². The molecule has 2 aromatic carbocycles. The largest absolute Gasteiger partial charge is 0.334 e. The minimum Gasteiger partial charge on any atom is -0.334 e. The van der Waals surface area contributed by atoms with Gasteiger partial charge >= 0.3 is 0 Å². The molecular formula is C17H16FNO. The van der Waals surface area contributed by atoms with E-state index in [1.807, 2.05) is 18.2 Å². The lowest BCUT2D eigenvalue weighted by Gasteiger charge is -2.21. The number of rotatable bonds is 1. The van der Waals surface area contributed by atoms with Gasteiger partial charge in [-0.05, 0) is 36.1 Å². The monoisotopic (exact) mass is 269 g/mol. The highest BCUT2D eigenvalue weighted by molar-refractivity contribution is 5.94. The van der Waals surface area contributed by atoms with E-state index in [1.165, 1.54) is 11.6 Å². The van der Waals surface area contributed by atoms with Crippen LogP contribution in [0.25, 0.3) is 0 Å². The highest BCUT2D eigenvalue weighted by Gasteiger charge is 2.21. The first-order valence-electron chi connectivity index (χ1n) is 6.86. The van der Waals surface area contributed by atoms with Gasteiger partial charge in [0.05, 0.1) is 5.56 Å². The number of carbonyl (C=O) groups excluding carboxylic acids is 1. The van der Waals surface area contributed by atoms with Crippen LogP contribution in [0, 0.1) is 5.82 Å². The molecule has 0 atom stereocenters. The summed E-state index contributed by atoms with van der Waals surface area (Å²) < 4.78 is 13.7. The van der Waals surface area contributed by atoms with Crippen LogP contribution in [-0.4, -0.2) is 17.4 Å². The summed E-state index contributed by atoms with van der Waals surface area (Å²) in [5, 5.41) is 0. The van der Waals surface area contributed by atoms with Gasteiger partial charge in [0.15, 0.2) is 0 Å². The Morgan fingerprint density at radius 2 is 1.70 bits per heavy atom. The van der Waals surface area contributed by atoms with Crippen molar-refractivity contribution < 1.29 is 9.18 Å². The van der Waals surface area contributed by atoms with Crippen molar-refractivity contribution in [1.82, 2.24) is 4.90 Å². The van der Waals surface area contributed by atoms with Crippen LogP contribution in [0.1, 0.15) is 27.9 Å². The Labute approximate surface area is 117 Å². The summed E-state index contributed by atoms with van der Waals surface area (Å²) in [4.78, 5) is 14.2. The van der Waals surface area contributed by atoms with E-state index in [4.69, 9.17) is 0 Å². The van der Waals surface area contributed by atoms with Crippen LogP contribution in [0.15, 0.2) is 48.5 Å². The first-order valence-corrected chi connectivity index (χ1v) is 6.86. The van der Waals surface area contributed by atoms with Crippen LogP contribution >= 0.6 is 0 Å². The molecule has 0 unspecified atom stereocenters.